The number of nitrogens with zero attached hydrogens (tertiary/aromatic N) is 1. The molecule has 1 atom stereocenters. The predicted octanol–water partition coefficient (Wildman–Crippen LogP) is 3.68. The summed E-state index contributed by atoms with van der Waals surface area (Å²) in [4.78, 5) is 29.9. The van der Waals surface area contributed by atoms with E-state index in [-0.39, 0.29) is 18.2 Å². The van der Waals surface area contributed by atoms with E-state index in [9.17, 15) is 9.59 Å². The van der Waals surface area contributed by atoms with Gasteiger partial charge in [-0.1, -0.05) is 30.3 Å². The van der Waals surface area contributed by atoms with Crippen LogP contribution in [0.4, 0.5) is 11.5 Å². The molecule has 0 bridgehead atoms. The van der Waals surface area contributed by atoms with E-state index >= 15 is 0 Å². The second-order valence-electron chi connectivity index (χ2n) is 5.73. The van der Waals surface area contributed by atoms with Crippen molar-refractivity contribution in [2.45, 2.75) is 16.6 Å². The largest absolute Gasteiger partial charge is 0.324 e. The summed E-state index contributed by atoms with van der Waals surface area (Å²) in [6, 6.07) is 19.0. The lowest BCUT2D eigenvalue weighted by molar-refractivity contribution is -0.120. The Kier molecular flexibility index (Phi) is 4.11. The molecule has 2 heterocycles. The zero-order valence-corrected chi connectivity index (χ0v) is 14.0. The van der Waals surface area contributed by atoms with Crippen LogP contribution in [-0.4, -0.2) is 22.0 Å². The van der Waals surface area contributed by atoms with E-state index in [4.69, 9.17) is 0 Å². The third-order valence-corrected chi connectivity index (χ3v) is 5.22. The molecular weight excluding hydrogens is 334 g/mol. The first-order chi connectivity index (χ1) is 12.2. The third kappa shape index (κ3) is 3.34. The average molecular weight is 349 g/mol. The van der Waals surface area contributed by atoms with Crippen LogP contribution in [0.2, 0.25) is 0 Å². The number of anilines is 2. The molecule has 1 aromatic heterocycles. The Morgan fingerprint density at radius 1 is 1.08 bits per heavy atom. The average Bonchev–Trinajstić information content (AvgIpc) is 2.62. The first-order valence-electron chi connectivity index (χ1n) is 7.91. The van der Waals surface area contributed by atoms with Crippen LogP contribution in [0.1, 0.15) is 6.42 Å². The van der Waals surface area contributed by atoms with Crippen LogP contribution in [0, 0.1) is 0 Å². The highest BCUT2D eigenvalue weighted by Crippen LogP contribution is 2.36. The molecule has 3 aromatic rings. The second kappa shape index (κ2) is 6.57. The van der Waals surface area contributed by atoms with Gasteiger partial charge in [0.05, 0.1) is 16.5 Å². The summed E-state index contributed by atoms with van der Waals surface area (Å²) in [5.74, 6) is 0.116. The fourth-order valence-electron chi connectivity index (χ4n) is 2.72. The highest BCUT2D eigenvalue weighted by molar-refractivity contribution is 8.01. The van der Waals surface area contributed by atoms with Gasteiger partial charge in [-0.2, -0.15) is 0 Å². The molecule has 2 aromatic carbocycles. The van der Waals surface area contributed by atoms with Crippen LogP contribution in [0.15, 0.2) is 65.6 Å². The number of nitrogens with one attached hydrogen (secondary N) is 2. The molecular formula is C19H15N3O2S. The van der Waals surface area contributed by atoms with Gasteiger partial charge < -0.3 is 10.6 Å². The van der Waals surface area contributed by atoms with Crippen LogP contribution < -0.4 is 10.6 Å². The van der Waals surface area contributed by atoms with E-state index in [1.54, 1.807) is 6.07 Å². The first-order valence-corrected chi connectivity index (χ1v) is 8.79. The first kappa shape index (κ1) is 15.7. The molecule has 124 valence electrons. The van der Waals surface area contributed by atoms with Crippen molar-refractivity contribution in [3.63, 3.8) is 0 Å². The van der Waals surface area contributed by atoms with E-state index in [1.807, 2.05) is 54.6 Å². The van der Waals surface area contributed by atoms with Crippen molar-refractivity contribution in [1.82, 2.24) is 4.98 Å². The SMILES string of the molecule is O=C(C[C@H]1Sc2ccccc2NC1=O)Nc1ccc2ccccc2n1. The Hall–Kier alpha value is -2.86. The number of rotatable bonds is 3. The number of hydrogen-bond donors (Lipinski definition) is 2. The van der Waals surface area contributed by atoms with Crippen LogP contribution in [0.25, 0.3) is 10.9 Å². The van der Waals surface area contributed by atoms with Crippen molar-refractivity contribution in [3.05, 3.63) is 60.7 Å². The lowest BCUT2D eigenvalue weighted by atomic mass is 10.2. The molecule has 0 saturated heterocycles. The van der Waals surface area contributed by atoms with Crippen molar-refractivity contribution in [1.29, 1.82) is 0 Å². The third-order valence-electron chi connectivity index (χ3n) is 3.94. The Balaban J connectivity index is 1.45. The topological polar surface area (TPSA) is 71.1 Å². The smallest absolute Gasteiger partial charge is 0.238 e. The van der Waals surface area contributed by atoms with Crippen molar-refractivity contribution in [2.75, 3.05) is 10.6 Å². The molecule has 25 heavy (non-hydrogen) atoms. The number of hydrogen-bond acceptors (Lipinski definition) is 4. The van der Waals surface area contributed by atoms with E-state index < -0.39 is 5.25 Å². The van der Waals surface area contributed by atoms with Gasteiger partial charge in [-0.25, -0.2) is 4.98 Å². The number of pyridine rings is 1. The minimum Gasteiger partial charge on any atom is -0.324 e. The molecule has 0 saturated carbocycles. The highest BCUT2D eigenvalue weighted by atomic mass is 32.2. The fourth-order valence-corrected chi connectivity index (χ4v) is 3.84. The molecule has 0 aliphatic carbocycles. The minimum atomic E-state index is -0.449. The van der Waals surface area contributed by atoms with Gasteiger partial charge in [0.25, 0.3) is 0 Å². The number of amides is 2. The standard InChI is InChI=1S/C19H15N3O2S/c23-18(22-17-10-9-12-5-1-2-6-13(12)20-17)11-16-19(24)21-14-7-3-4-8-15(14)25-16/h1-10,16H,11H2,(H,21,24)(H,20,22,23)/t16-/m1/s1. The van der Waals surface area contributed by atoms with E-state index in [0.29, 0.717) is 5.82 Å². The highest BCUT2D eigenvalue weighted by Gasteiger charge is 2.28. The fraction of sp³-hybridized carbons (Fsp3) is 0.105. The Morgan fingerprint density at radius 3 is 2.80 bits per heavy atom. The minimum absolute atomic E-state index is 0.0966. The van der Waals surface area contributed by atoms with Gasteiger partial charge >= 0.3 is 0 Å². The molecule has 0 unspecified atom stereocenters. The van der Waals surface area contributed by atoms with Crippen molar-refractivity contribution in [3.8, 4) is 0 Å². The van der Waals surface area contributed by atoms with Gasteiger partial charge in [0.2, 0.25) is 11.8 Å². The number of carbonyl (C=O) groups excluding carboxylic acids is 2. The molecule has 5 nitrogen and oxygen atoms in total. The van der Waals surface area contributed by atoms with Crippen LogP contribution >= 0.6 is 11.8 Å². The number of benzene rings is 2. The number of thioether (sulfide) groups is 1. The number of aromatic nitrogens is 1. The molecule has 4 rings (SSSR count). The van der Waals surface area contributed by atoms with Gasteiger partial charge in [-0.05, 0) is 30.3 Å². The monoisotopic (exact) mass is 349 g/mol. The van der Waals surface area contributed by atoms with Gasteiger partial charge in [-0.3, -0.25) is 9.59 Å². The summed E-state index contributed by atoms with van der Waals surface area (Å²) in [5.41, 5.74) is 1.62. The predicted molar refractivity (Wildman–Crippen MR) is 99.7 cm³/mol. The van der Waals surface area contributed by atoms with Gasteiger partial charge in [0.1, 0.15) is 5.82 Å². The Morgan fingerprint density at radius 2 is 1.88 bits per heavy atom. The number of carbonyl (C=O) groups is 2. The molecule has 6 heteroatoms. The van der Waals surface area contributed by atoms with E-state index in [0.717, 1.165) is 21.5 Å². The number of fused-ring (bicyclic) bond motifs is 2. The van der Waals surface area contributed by atoms with Gasteiger partial charge in [0.15, 0.2) is 0 Å². The molecule has 1 aliphatic heterocycles. The summed E-state index contributed by atoms with van der Waals surface area (Å²) in [7, 11) is 0. The summed E-state index contributed by atoms with van der Waals surface area (Å²) in [6.45, 7) is 0. The van der Waals surface area contributed by atoms with Crippen molar-refractivity contribution < 1.29 is 9.59 Å². The van der Waals surface area contributed by atoms with Crippen LogP contribution in [-0.2, 0) is 9.59 Å². The maximum atomic E-state index is 12.3. The van der Waals surface area contributed by atoms with E-state index in [1.165, 1.54) is 11.8 Å². The maximum absolute atomic E-state index is 12.3. The zero-order chi connectivity index (χ0) is 17.2. The summed E-state index contributed by atoms with van der Waals surface area (Å²) < 4.78 is 0. The van der Waals surface area contributed by atoms with E-state index in [2.05, 4.69) is 15.6 Å². The van der Waals surface area contributed by atoms with Gasteiger partial charge in [0, 0.05) is 16.7 Å². The van der Waals surface area contributed by atoms with Crippen molar-refractivity contribution in [2.24, 2.45) is 0 Å². The second-order valence-corrected chi connectivity index (χ2v) is 6.98. The Bertz CT molecular complexity index is 974. The molecule has 2 amide bonds. The molecule has 2 N–H and O–H groups in total. The molecule has 0 fully saturated rings. The normalized spacial score (nSPS) is 16.2. The number of para-hydroxylation sites is 2. The lowest BCUT2D eigenvalue weighted by Gasteiger charge is -2.23. The maximum Gasteiger partial charge on any atom is 0.238 e. The molecule has 1 aliphatic rings. The van der Waals surface area contributed by atoms with Crippen LogP contribution in [0.5, 0.6) is 0 Å². The van der Waals surface area contributed by atoms with Gasteiger partial charge in [-0.15, -0.1) is 11.8 Å². The van der Waals surface area contributed by atoms with Crippen molar-refractivity contribution >= 4 is 46.0 Å². The Labute approximate surface area is 148 Å². The lowest BCUT2D eigenvalue weighted by Crippen LogP contribution is -2.32. The molecule has 0 radical (unpaired) electrons. The quantitative estimate of drug-likeness (QED) is 0.757. The van der Waals surface area contributed by atoms with Crippen LogP contribution in [0.3, 0.4) is 0 Å². The summed E-state index contributed by atoms with van der Waals surface area (Å²) in [6.07, 6.45) is 0.0966. The molecule has 0 spiro atoms. The summed E-state index contributed by atoms with van der Waals surface area (Å²) in [5, 5.41) is 6.19. The zero-order valence-electron chi connectivity index (χ0n) is 13.2. The summed E-state index contributed by atoms with van der Waals surface area (Å²) >= 11 is 1.41.